The predicted molar refractivity (Wildman–Crippen MR) is 56.0 cm³/mol. The summed E-state index contributed by atoms with van der Waals surface area (Å²) < 4.78 is 50.1. The lowest BCUT2D eigenvalue weighted by molar-refractivity contribution is -0.140. The first kappa shape index (κ1) is 14.9. The van der Waals surface area contributed by atoms with Crippen LogP contribution in [0.25, 0.3) is 0 Å². The van der Waals surface area contributed by atoms with Crippen molar-refractivity contribution in [2.24, 2.45) is 0 Å². The molecule has 0 saturated heterocycles. The van der Waals surface area contributed by atoms with Crippen molar-refractivity contribution < 1.29 is 32.3 Å². The summed E-state index contributed by atoms with van der Waals surface area (Å²) in [6.07, 6.45) is -4.85. The van der Waals surface area contributed by atoms with Crippen molar-refractivity contribution in [3.8, 4) is 0 Å². The molecule has 0 bridgehead atoms. The molecule has 1 N–H and O–H groups in total. The topological polar surface area (TPSA) is 57.6 Å². The van der Waals surface area contributed by atoms with Crippen molar-refractivity contribution >= 4 is 11.9 Å². The van der Waals surface area contributed by atoms with Crippen LogP contribution < -0.4 is 0 Å². The predicted octanol–water partition coefficient (Wildman–Crippen LogP) is 2.00. The Labute approximate surface area is 105 Å². The van der Waals surface area contributed by atoms with Gasteiger partial charge in [-0.05, 0) is 18.2 Å². The Balaban J connectivity index is 3.01. The molecule has 0 aromatic heterocycles. The van der Waals surface area contributed by atoms with Gasteiger partial charge in [-0.15, -0.1) is 0 Å². The smallest absolute Gasteiger partial charge is 0.419 e. The van der Waals surface area contributed by atoms with E-state index in [1.54, 1.807) is 0 Å². The molecule has 0 aliphatic carbocycles. The van der Waals surface area contributed by atoms with E-state index in [9.17, 15) is 27.2 Å². The van der Waals surface area contributed by atoms with Crippen LogP contribution in [-0.2, 0) is 11.0 Å². The summed E-state index contributed by atoms with van der Waals surface area (Å²) >= 11 is 0. The van der Waals surface area contributed by atoms with E-state index in [1.165, 1.54) is 0 Å². The molecule has 4 nitrogen and oxygen atoms in total. The number of carboxylic acids is 1. The number of amides is 1. The second kappa shape index (κ2) is 5.25. The van der Waals surface area contributed by atoms with E-state index in [1.807, 2.05) is 0 Å². The van der Waals surface area contributed by atoms with Crippen LogP contribution in [0.3, 0.4) is 0 Å². The number of rotatable bonds is 3. The average Bonchev–Trinajstić information content (AvgIpc) is 2.25. The molecule has 0 atom stereocenters. The van der Waals surface area contributed by atoms with Gasteiger partial charge in [-0.3, -0.25) is 9.59 Å². The zero-order valence-electron chi connectivity index (χ0n) is 9.66. The van der Waals surface area contributed by atoms with Crippen molar-refractivity contribution in [3.63, 3.8) is 0 Å². The fraction of sp³-hybridized carbons (Fsp3) is 0.273. The summed E-state index contributed by atoms with van der Waals surface area (Å²) in [4.78, 5) is 22.7. The molecular formula is C11H9F4NO3. The van der Waals surface area contributed by atoms with Crippen LogP contribution in [0.2, 0.25) is 0 Å². The van der Waals surface area contributed by atoms with E-state index in [4.69, 9.17) is 5.11 Å². The Morgan fingerprint density at radius 3 is 2.32 bits per heavy atom. The first-order chi connectivity index (χ1) is 8.62. The lowest BCUT2D eigenvalue weighted by Gasteiger charge is -2.15. The molecule has 0 fully saturated rings. The van der Waals surface area contributed by atoms with Gasteiger partial charge in [-0.2, -0.15) is 13.2 Å². The molecule has 0 aliphatic heterocycles. The highest BCUT2D eigenvalue weighted by Gasteiger charge is 2.34. The molecule has 0 spiro atoms. The number of likely N-dealkylation sites (N-methyl/N-ethyl adjacent to an activating group) is 1. The van der Waals surface area contributed by atoms with Crippen molar-refractivity contribution in [2.45, 2.75) is 6.18 Å². The maximum atomic E-state index is 13.2. The van der Waals surface area contributed by atoms with Crippen LogP contribution in [0.4, 0.5) is 17.6 Å². The zero-order chi connectivity index (χ0) is 14.8. The molecule has 1 rings (SSSR count). The molecule has 1 amide bonds. The number of hydrogen-bond donors (Lipinski definition) is 1. The summed E-state index contributed by atoms with van der Waals surface area (Å²) in [5.74, 6) is -3.75. The first-order valence-electron chi connectivity index (χ1n) is 4.97. The molecule has 19 heavy (non-hydrogen) atoms. The summed E-state index contributed by atoms with van der Waals surface area (Å²) in [7, 11) is 1.14. The molecule has 0 radical (unpaired) electrons. The van der Waals surface area contributed by atoms with Gasteiger partial charge in [0, 0.05) is 12.6 Å². The van der Waals surface area contributed by atoms with Crippen LogP contribution in [0.15, 0.2) is 18.2 Å². The standard InChI is InChI=1S/C11H9F4NO3/c1-16(5-9(17)18)10(19)6-2-3-7(8(12)4-6)11(13,14)15/h2-4H,5H2,1H3,(H,17,18). The van der Waals surface area contributed by atoms with Gasteiger partial charge in [0.1, 0.15) is 12.4 Å². The Kier molecular flexibility index (Phi) is 4.13. The Bertz CT molecular complexity index is 513. The lowest BCUT2D eigenvalue weighted by Crippen LogP contribution is -2.32. The number of benzene rings is 1. The van der Waals surface area contributed by atoms with E-state index >= 15 is 0 Å². The van der Waals surface area contributed by atoms with Crippen LogP contribution in [-0.4, -0.2) is 35.5 Å². The SMILES string of the molecule is CN(CC(=O)O)C(=O)c1ccc(C(F)(F)F)c(F)c1. The molecule has 0 aliphatic rings. The van der Waals surface area contributed by atoms with Gasteiger partial charge in [0.2, 0.25) is 0 Å². The van der Waals surface area contributed by atoms with Gasteiger partial charge in [0.05, 0.1) is 5.56 Å². The van der Waals surface area contributed by atoms with E-state index in [0.717, 1.165) is 18.0 Å². The quantitative estimate of drug-likeness (QED) is 0.861. The number of carboxylic acid groups (broad SMARTS) is 1. The van der Waals surface area contributed by atoms with Crippen LogP contribution in [0, 0.1) is 5.82 Å². The summed E-state index contributed by atoms with van der Waals surface area (Å²) in [6.45, 7) is -0.637. The fourth-order valence-corrected chi connectivity index (χ4v) is 1.37. The monoisotopic (exact) mass is 279 g/mol. The van der Waals surface area contributed by atoms with E-state index in [-0.39, 0.29) is 5.56 Å². The molecule has 1 aromatic rings. The van der Waals surface area contributed by atoms with Gasteiger partial charge >= 0.3 is 12.1 Å². The minimum Gasteiger partial charge on any atom is -0.480 e. The fourth-order valence-electron chi connectivity index (χ4n) is 1.37. The average molecular weight is 279 g/mol. The highest BCUT2D eigenvalue weighted by atomic mass is 19.4. The van der Waals surface area contributed by atoms with E-state index in [0.29, 0.717) is 12.1 Å². The van der Waals surface area contributed by atoms with Crippen LogP contribution >= 0.6 is 0 Å². The Hall–Kier alpha value is -2.12. The second-order valence-corrected chi connectivity index (χ2v) is 3.75. The zero-order valence-corrected chi connectivity index (χ0v) is 9.66. The van der Waals surface area contributed by atoms with Gasteiger partial charge in [0.25, 0.3) is 5.91 Å². The molecule has 0 heterocycles. The largest absolute Gasteiger partial charge is 0.480 e. The minimum atomic E-state index is -4.85. The van der Waals surface area contributed by atoms with Gasteiger partial charge in [0.15, 0.2) is 0 Å². The number of aliphatic carboxylic acids is 1. The van der Waals surface area contributed by atoms with Crippen molar-refractivity contribution in [1.29, 1.82) is 0 Å². The van der Waals surface area contributed by atoms with Gasteiger partial charge in [-0.25, -0.2) is 4.39 Å². The summed E-state index contributed by atoms with van der Waals surface area (Å²) in [5, 5.41) is 8.47. The highest BCUT2D eigenvalue weighted by molar-refractivity contribution is 5.95. The molecule has 0 unspecified atom stereocenters. The second-order valence-electron chi connectivity index (χ2n) is 3.75. The Morgan fingerprint density at radius 2 is 1.89 bits per heavy atom. The molecule has 8 heteroatoms. The number of carbonyl (C=O) groups excluding carboxylic acids is 1. The van der Waals surface area contributed by atoms with E-state index in [2.05, 4.69) is 0 Å². The van der Waals surface area contributed by atoms with Crippen LogP contribution in [0.5, 0.6) is 0 Å². The van der Waals surface area contributed by atoms with Crippen molar-refractivity contribution in [1.82, 2.24) is 4.90 Å². The number of nitrogens with zero attached hydrogens (tertiary/aromatic N) is 1. The number of alkyl halides is 3. The number of carbonyl (C=O) groups is 2. The maximum absolute atomic E-state index is 13.2. The van der Waals surface area contributed by atoms with Crippen molar-refractivity contribution in [2.75, 3.05) is 13.6 Å². The third-order valence-electron chi connectivity index (χ3n) is 2.24. The van der Waals surface area contributed by atoms with Crippen molar-refractivity contribution in [3.05, 3.63) is 35.1 Å². The highest BCUT2D eigenvalue weighted by Crippen LogP contribution is 2.31. The summed E-state index contributed by atoms with van der Waals surface area (Å²) in [6, 6.07) is 1.67. The van der Waals surface area contributed by atoms with Gasteiger partial charge < -0.3 is 10.0 Å². The maximum Gasteiger partial charge on any atom is 0.419 e. The third kappa shape index (κ3) is 3.67. The number of halogens is 4. The minimum absolute atomic E-state index is 0.353. The molecule has 0 saturated carbocycles. The molecule has 104 valence electrons. The Morgan fingerprint density at radius 1 is 1.32 bits per heavy atom. The first-order valence-corrected chi connectivity index (χ1v) is 4.97. The summed E-state index contributed by atoms with van der Waals surface area (Å²) in [5.41, 5.74) is -1.83. The van der Waals surface area contributed by atoms with Crippen LogP contribution in [0.1, 0.15) is 15.9 Å². The lowest BCUT2D eigenvalue weighted by atomic mass is 10.1. The normalized spacial score (nSPS) is 11.2. The number of hydrogen-bond acceptors (Lipinski definition) is 2. The van der Waals surface area contributed by atoms with E-state index < -0.39 is 36.0 Å². The third-order valence-corrected chi connectivity index (χ3v) is 2.24. The molecular weight excluding hydrogens is 270 g/mol. The van der Waals surface area contributed by atoms with Gasteiger partial charge in [-0.1, -0.05) is 0 Å². The molecule has 1 aromatic carbocycles.